The number of nitrogens with zero attached hydrogens (tertiary/aromatic N) is 2. The van der Waals surface area contributed by atoms with Gasteiger partial charge in [0.2, 0.25) is 11.7 Å². The topological polar surface area (TPSA) is 83.1 Å². The number of rotatable bonds is 14. The first-order valence-electron chi connectivity index (χ1n) is 19.4. The molecule has 2 aromatic carbocycles. The van der Waals surface area contributed by atoms with Crippen molar-refractivity contribution in [2.75, 3.05) is 53.5 Å². The molecule has 3 atom stereocenters. The number of hydrogen-bond acceptors (Lipinski definition) is 7. The maximum atomic E-state index is 13.9. The molecule has 0 radical (unpaired) electrons. The van der Waals surface area contributed by atoms with Crippen LogP contribution in [0.25, 0.3) is 0 Å². The Morgan fingerprint density at radius 2 is 1.77 bits per heavy atom. The third-order valence-electron chi connectivity index (χ3n) is 11.0. The van der Waals surface area contributed by atoms with E-state index in [4.69, 9.17) is 15.9 Å². The number of benzene rings is 2. The molecule has 2 aliphatic heterocycles. The number of likely N-dealkylation sites (N-methyl/N-ethyl adjacent to an activating group) is 1. The lowest BCUT2D eigenvalue weighted by atomic mass is 9.80. The molecule has 2 N–H and O–H groups in total. The van der Waals surface area contributed by atoms with E-state index in [2.05, 4.69) is 99.9 Å². The number of hydrogen-bond donors (Lipinski definition) is 2. The quantitative estimate of drug-likeness (QED) is 0.0926. The van der Waals surface area contributed by atoms with Gasteiger partial charge < -0.3 is 20.1 Å². The van der Waals surface area contributed by atoms with Crippen LogP contribution in [0.15, 0.2) is 53.1 Å². The van der Waals surface area contributed by atoms with Crippen molar-refractivity contribution >= 4 is 11.7 Å². The molecule has 0 aliphatic carbocycles. The zero-order chi connectivity index (χ0) is 39.0. The second-order valence-electron chi connectivity index (χ2n) is 16.3. The molecule has 53 heavy (non-hydrogen) atoms. The van der Waals surface area contributed by atoms with Crippen LogP contribution < -0.4 is 20.1 Å². The third-order valence-corrected chi connectivity index (χ3v) is 11.0. The molecule has 1 amide bonds. The van der Waals surface area contributed by atoms with Crippen molar-refractivity contribution in [2.24, 2.45) is 17.3 Å². The fourth-order valence-electron chi connectivity index (χ4n) is 8.02. The number of allylic oxidation sites excluding steroid dienone is 3. The predicted octanol–water partition coefficient (Wildman–Crippen LogP) is 7.17. The van der Waals surface area contributed by atoms with Crippen molar-refractivity contribution < 1.29 is 19.1 Å². The van der Waals surface area contributed by atoms with E-state index in [0.29, 0.717) is 36.2 Å². The van der Waals surface area contributed by atoms with Gasteiger partial charge in [-0.25, -0.2) is 0 Å². The molecule has 0 bridgehead atoms. The summed E-state index contributed by atoms with van der Waals surface area (Å²) in [5.41, 5.74) is 7.17. The number of Topliss-reactive ketones (excluding diaryl/α,β-unsaturated/α-hetero) is 1. The highest BCUT2D eigenvalue weighted by Gasteiger charge is 2.33. The van der Waals surface area contributed by atoms with Gasteiger partial charge in [-0.2, -0.15) is 0 Å². The van der Waals surface area contributed by atoms with Crippen LogP contribution in [0.2, 0.25) is 0 Å². The Morgan fingerprint density at radius 1 is 1.09 bits per heavy atom. The van der Waals surface area contributed by atoms with Gasteiger partial charge in [-0.15, -0.1) is 6.42 Å². The summed E-state index contributed by atoms with van der Waals surface area (Å²) in [5, 5.41) is 6.52. The minimum atomic E-state index is -0.207. The number of terminal acetylenes is 1. The smallest absolute Gasteiger partial charge is 0.246 e. The number of piperazine rings is 1. The molecule has 0 spiro atoms. The Balaban J connectivity index is 1.62. The van der Waals surface area contributed by atoms with Gasteiger partial charge in [0.1, 0.15) is 11.5 Å². The number of methoxy groups -OCH3 is 2. The molecule has 4 rings (SSSR count). The lowest BCUT2D eigenvalue weighted by molar-refractivity contribution is -0.117. The summed E-state index contributed by atoms with van der Waals surface area (Å²) in [7, 11) is 3.45. The number of amides is 1. The van der Waals surface area contributed by atoms with Crippen molar-refractivity contribution in [1.82, 2.24) is 20.4 Å². The lowest BCUT2D eigenvalue weighted by Crippen LogP contribution is -2.54. The van der Waals surface area contributed by atoms with E-state index < -0.39 is 0 Å². The Bertz CT molecular complexity index is 1700. The van der Waals surface area contributed by atoms with E-state index >= 15 is 0 Å². The van der Waals surface area contributed by atoms with Crippen molar-refractivity contribution in [2.45, 2.75) is 93.8 Å². The number of ether oxygens (including phenoxy) is 2. The highest BCUT2D eigenvalue weighted by molar-refractivity contribution is 6.12. The molecule has 0 aromatic heterocycles. The van der Waals surface area contributed by atoms with Gasteiger partial charge in [-0.3, -0.25) is 19.4 Å². The van der Waals surface area contributed by atoms with E-state index in [-0.39, 0.29) is 28.9 Å². The molecular formula is C45H64N4O4. The SMILES string of the molecule is C#C/C(=C\C(C)(C)C)C(=O)c1cccc(CN2CCN(Cc3c(OC)cc(C4C(C)=C(C)C(=O)NCC4C)cc3OC)CC2C(C)C)c1CCNCC. The predicted molar refractivity (Wildman–Crippen MR) is 217 cm³/mol. The maximum absolute atomic E-state index is 13.9. The van der Waals surface area contributed by atoms with Gasteiger partial charge in [0.15, 0.2) is 0 Å². The third kappa shape index (κ3) is 10.2. The molecule has 2 aromatic rings. The molecule has 2 heterocycles. The first-order chi connectivity index (χ1) is 25.1. The molecule has 3 unspecified atom stereocenters. The zero-order valence-corrected chi connectivity index (χ0v) is 34.2. The van der Waals surface area contributed by atoms with Crippen molar-refractivity contribution in [3.05, 3.63) is 80.9 Å². The molecule has 8 nitrogen and oxygen atoms in total. The van der Waals surface area contributed by atoms with Crippen LogP contribution in [0.3, 0.4) is 0 Å². The number of nitrogens with one attached hydrogen (secondary N) is 2. The van der Waals surface area contributed by atoms with Gasteiger partial charge in [0.25, 0.3) is 0 Å². The average Bonchev–Trinajstić information content (AvgIpc) is 3.21. The summed E-state index contributed by atoms with van der Waals surface area (Å²) in [5.74, 6) is 4.94. The maximum Gasteiger partial charge on any atom is 0.246 e. The summed E-state index contributed by atoms with van der Waals surface area (Å²) in [6.07, 6.45) is 8.57. The fourth-order valence-corrected chi connectivity index (χ4v) is 8.02. The van der Waals surface area contributed by atoms with Crippen LogP contribution in [0.1, 0.15) is 101 Å². The first kappa shape index (κ1) is 41.9. The van der Waals surface area contributed by atoms with Crippen LogP contribution >= 0.6 is 0 Å². The Kier molecular flexibility index (Phi) is 14.5. The van der Waals surface area contributed by atoms with E-state index in [1.807, 2.05) is 25.1 Å². The van der Waals surface area contributed by atoms with Crippen LogP contribution in [0.4, 0.5) is 0 Å². The van der Waals surface area contributed by atoms with E-state index in [1.54, 1.807) is 14.2 Å². The van der Waals surface area contributed by atoms with Crippen LogP contribution in [0, 0.1) is 29.6 Å². The molecule has 2 aliphatic rings. The monoisotopic (exact) mass is 724 g/mol. The van der Waals surface area contributed by atoms with Crippen molar-refractivity contribution in [1.29, 1.82) is 0 Å². The zero-order valence-electron chi connectivity index (χ0n) is 34.2. The van der Waals surface area contributed by atoms with E-state index in [9.17, 15) is 9.59 Å². The molecule has 0 saturated carbocycles. The number of carbonyl (C=O) groups excluding carboxylic acids is 2. The van der Waals surface area contributed by atoms with E-state index in [1.165, 1.54) is 5.56 Å². The summed E-state index contributed by atoms with van der Waals surface area (Å²) >= 11 is 0. The number of carbonyl (C=O) groups is 2. The lowest BCUT2D eigenvalue weighted by Gasteiger charge is -2.44. The molecule has 8 heteroatoms. The van der Waals surface area contributed by atoms with Gasteiger partial charge in [-0.05, 0) is 79.4 Å². The minimum Gasteiger partial charge on any atom is -0.496 e. The highest BCUT2D eigenvalue weighted by Crippen LogP contribution is 2.41. The van der Waals surface area contributed by atoms with Gasteiger partial charge >= 0.3 is 0 Å². The molecular weight excluding hydrogens is 661 g/mol. The number of ketones is 1. The van der Waals surface area contributed by atoms with E-state index in [0.717, 1.165) is 85.0 Å². The summed E-state index contributed by atoms with van der Waals surface area (Å²) < 4.78 is 12.1. The molecule has 1 fully saturated rings. The van der Waals surface area contributed by atoms with Crippen LogP contribution in [-0.4, -0.2) is 81.0 Å². The first-order valence-corrected chi connectivity index (χ1v) is 19.4. The summed E-state index contributed by atoms with van der Waals surface area (Å²) in [4.78, 5) is 31.6. The van der Waals surface area contributed by atoms with Gasteiger partial charge in [0, 0.05) is 62.4 Å². The Hall–Kier alpha value is -3.90. The van der Waals surface area contributed by atoms with Gasteiger partial charge in [-0.1, -0.05) is 84.2 Å². The largest absolute Gasteiger partial charge is 0.496 e. The summed E-state index contributed by atoms with van der Waals surface area (Å²) in [6, 6.07) is 10.7. The highest BCUT2D eigenvalue weighted by atomic mass is 16.5. The van der Waals surface area contributed by atoms with Crippen LogP contribution in [0.5, 0.6) is 11.5 Å². The molecule has 288 valence electrons. The van der Waals surface area contributed by atoms with Gasteiger partial charge in [0.05, 0.1) is 25.4 Å². The second-order valence-corrected chi connectivity index (χ2v) is 16.3. The normalized spacial score (nSPS) is 20.6. The van der Waals surface area contributed by atoms with Crippen molar-refractivity contribution in [3.8, 4) is 23.8 Å². The fraction of sp³-hybridized carbons (Fsp3) is 0.556. The van der Waals surface area contributed by atoms with Crippen LogP contribution in [-0.2, 0) is 24.3 Å². The Morgan fingerprint density at radius 3 is 2.36 bits per heavy atom. The average molecular weight is 725 g/mol. The summed E-state index contributed by atoms with van der Waals surface area (Å²) in [6.45, 7) is 25.4. The molecule has 1 saturated heterocycles. The van der Waals surface area contributed by atoms with Crippen molar-refractivity contribution in [3.63, 3.8) is 0 Å². The standard InChI is InChI=1S/C45H64N4O4/c1-13-33(24-45(8,9)10)43(50)37-17-15-16-34(36(37)18-19-46-14-2)26-49-21-20-48(28-39(49)29(3)4)27-38-40(52-11)22-35(23-41(38)53-12)42-30(5)25-47-44(51)32(7)31(42)6/h1,15-17,22-24,29-30,39,42,46H,14,18-21,25-28H2,2-12H3,(H,47,51)/b33-24+. The Labute approximate surface area is 319 Å². The minimum absolute atomic E-state index is 0.00320. The second kappa shape index (κ2) is 18.4.